The Labute approximate surface area is 148 Å². The van der Waals surface area contributed by atoms with Crippen LogP contribution in [0.5, 0.6) is 0 Å². The first kappa shape index (κ1) is 15.8. The minimum Gasteiger partial charge on any atom is -0.456 e. The van der Waals surface area contributed by atoms with Crippen molar-refractivity contribution in [1.29, 1.82) is 0 Å². The molecule has 25 heavy (non-hydrogen) atoms. The summed E-state index contributed by atoms with van der Waals surface area (Å²) in [6.07, 6.45) is -0.00249. The van der Waals surface area contributed by atoms with Crippen LogP contribution in [0.1, 0.15) is 17.9 Å². The predicted molar refractivity (Wildman–Crippen MR) is 90.7 cm³/mol. The summed E-state index contributed by atoms with van der Waals surface area (Å²) in [7, 11) is 0. The van der Waals surface area contributed by atoms with Crippen LogP contribution in [0.4, 0.5) is 10.1 Å². The number of amides is 1. The van der Waals surface area contributed by atoms with Gasteiger partial charge in [0.25, 0.3) is 0 Å². The number of halogens is 2. The second kappa shape index (κ2) is 6.01. The number of carbonyl (C=O) groups is 2. The first-order valence-corrected chi connectivity index (χ1v) is 8.17. The van der Waals surface area contributed by atoms with Crippen LogP contribution in [-0.2, 0) is 14.3 Å². The van der Waals surface area contributed by atoms with Crippen molar-refractivity contribution in [3.05, 3.63) is 76.2 Å². The Hall–Kier alpha value is -2.66. The van der Waals surface area contributed by atoms with Crippen molar-refractivity contribution in [2.45, 2.75) is 12.3 Å². The van der Waals surface area contributed by atoms with E-state index in [2.05, 4.69) is 0 Å². The maximum absolute atomic E-state index is 14.2. The van der Waals surface area contributed by atoms with Crippen LogP contribution in [-0.4, -0.2) is 18.5 Å². The molecule has 0 spiro atoms. The Morgan fingerprint density at radius 1 is 1.08 bits per heavy atom. The van der Waals surface area contributed by atoms with Gasteiger partial charge in [0.15, 0.2) is 0 Å². The minimum atomic E-state index is -0.637. The highest BCUT2D eigenvalue weighted by Gasteiger charge is 2.43. The quantitative estimate of drug-likeness (QED) is 0.768. The van der Waals surface area contributed by atoms with E-state index >= 15 is 0 Å². The molecule has 0 radical (unpaired) electrons. The van der Waals surface area contributed by atoms with Gasteiger partial charge in [-0.05, 0) is 35.9 Å². The normalized spacial score (nSPS) is 19.9. The van der Waals surface area contributed by atoms with E-state index in [-0.39, 0.29) is 18.9 Å². The standard InChI is InChI=1S/C19H13ClFNO3/c20-11-5-7-12(8-6-11)22-16-10-25-19(24)18(16)14(9-17(22)23)13-3-1-2-4-15(13)21/h1-8,14H,9-10H2. The van der Waals surface area contributed by atoms with Gasteiger partial charge in [0.1, 0.15) is 12.4 Å². The molecule has 2 aromatic carbocycles. The van der Waals surface area contributed by atoms with Gasteiger partial charge in [-0.1, -0.05) is 29.8 Å². The van der Waals surface area contributed by atoms with Gasteiger partial charge in [0.05, 0.1) is 11.3 Å². The Morgan fingerprint density at radius 3 is 2.52 bits per heavy atom. The molecule has 1 amide bonds. The van der Waals surface area contributed by atoms with E-state index in [1.165, 1.54) is 11.0 Å². The third kappa shape index (κ3) is 2.61. The van der Waals surface area contributed by atoms with E-state index in [1.807, 2.05) is 0 Å². The fourth-order valence-corrected chi connectivity index (χ4v) is 3.49. The second-order valence-corrected chi connectivity index (χ2v) is 6.36. The van der Waals surface area contributed by atoms with Crippen LogP contribution in [0.15, 0.2) is 59.8 Å². The van der Waals surface area contributed by atoms with Crippen molar-refractivity contribution in [3.63, 3.8) is 0 Å². The molecule has 2 heterocycles. The van der Waals surface area contributed by atoms with E-state index in [4.69, 9.17) is 16.3 Å². The first-order valence-electron chi connectivity index (χ1n) is 7.79. The van der Waals surface area contributed by atoms with Crippen LogP contribution in [0.3, 0.4) is 0 Å². The molecule has 1 unspecified atom stereocenters. The summed E-state index contributed by atoms with van der Waals surface area (Å²) >= 11 is 5.91. The monoisotopic (exact) mass is 357 g/mol. The number of benzene rings is 2. The number of nitrogens with zero attached hydrogens (tertiary/aromatic N) is 1. The van der Waals surface area contributed by atoms with Gasteiger partial charge in [-0.15, -0.1) is 0 Å². The van der Waals surface area contributed by atoms with Gasteiger partial charge in [0.2, 0.25) is 5.91 Å². The number of ether oxygens (including phenoxy) is 1. The second-order valence-electron chi connectivity index (χ2n) is 5.92. The van der Waals surface area contributed by atoms with Crippen molar-refractivity contribution in [3.8, 4) is 0 Å². The molecule has 2 aliphatic rings. The summed E-state index contributed by atoms with van der Waals surface area (Å²) in [6.45, 7) is -0.00646. The van der Waals surface area contributed by atoms with Gasteiger partial charge < -0.3 is 4.74 Å². The first-order chi connectivity index (χ1) is 12.1. The Balaban J connectivity index is 1.85. The highest BCUT2D eigenvalue weighted by molar-refractivity contribution is 6.30. The van der Waals surface area contributed by atoms with Gasteiger partial charge >= 0.3 is 5.97 Å². The third-order valence-corrected chi connectivity index (χ3v) is 4.73. The lowest BCUT2D eigenvalue weighted by atomic mass is 9.84. The number of esters is 1. The molecule has 0 saturated heterocycles. The maximum Gasteiger partial charge on any atom is 0.336 e. The van der Waals surface area contributed by atoms with Crippen molar-refractivity contribution < 1.29 is 18.7 Å². The summed E-state index contributed by atoms with van der Waals surface area (Å²) < 4.78 is 19.4. The molecule has 2 aliphatic heterocycles. The number of hydrogen-bond acceptors (Lipinski definition) is 3. The molecular weight excluding hydrogens is 345 g/mol. The van der Waals surface area contributed by atoms with Crippen molar-refractivity contribution in [1.82, 2.24) is 0 Å². The average molecular weight is 358 g/mol. The summed E-state index contributed by atoms with van der Waals surface area (Å²) in [5.41, 5.74) is 1.75. The highest BCUT2D eigenvalue weighted by atomic mass is 35.5. The van der Waals surface area contributed by atoms with E-state index < -0.39 is 17.7 Å². The van der Waals surface area contributed by atoms with Crippen molar-refractivity contribution in [2.24, 2.45) is 0 Å². The number of cyclic esters (lactones) is 1. The van der Waals surface area contributed by atoms with Crippen LogP contribution in [0.25, 0.3) is 0 Å². The molecule has 2 aromatic rings. The zero-order chi connectivity index (χ0) is 17.6. The fraction of sp³-hybridized carbons (Fsp3) is 0.158. The van der Waals surface area contributed by atoms with Gasteiger partial charge in [-0.25, -0.2) is 9.18 Å². The van der Waals surface area contributed by atoms with Crippen molar-refractivity contribution >= 4 is 29.2 Å². The highest BCUT2D eigenvalue weighted by Crippen LogP contribution is 2.42. The van der Waals surface area contributed by atoms with Gasteiger partial charge in [-0.3, -0.25) is 9.69 Å². The smallest absolute Gasteiger partial charge is 0.336 e. The lowest BCUT2D eigenvalue weighted by Gasteiger charge is -2.32. The lowest BCUT2D eigenvalue weighted by Crippen LogP contribution is -2.37. The molecule has 126 valence electrons. The molecule has 0 aromatic heterocycles. The maximum atomic E-state index is 14.2. The number of rotatable bonds is 2. The molecule has 6 heteroatoms. The Morgan fingerprint density at radius 2 is 1.80 bits per heavy atom. The predicted octanol–water partition coefficient (Wildman–Crippen LogP) is 3.81. The third-order valence-electron chi connectivity index (χ3n) is 4.48. The summed E-state index contributed by atoms with van der Waals surface area (Å²) in [6, 6.07) is 12.9. The van der Waals surface area contributed by atoms with E-state index in [0.717, 1.165) is 0 Å². The molecule has 0 fully saturated rings. The Kier molecular flexibility index (Phi) is 3.81. The topological polar surface area (TPSA) is 46.6 Å². The van der Waals surface area contributed by atoms with Crippen LogP contribution >= 0.6 is 11.6 Å². The largest absolute Gasteiger partial charge is 0.456 e. The minimum absolute atomic E-state index is 0.00249. The lowest BCUT2D eigenvalue weighted by molar-refractivity contribution is -0.136. The molecule has 0 N–H and O–H groups in total. The van der Waals surface area contributed by atoms with Gasteiger partial charge in [-0.2, -0.15) is 0 Å². The Bertz CT molecular complexity index is 907. The molecule has 4 nitrogen and oxygen atoms in total. The molecule has 0 saturated carbocycles. The number of hydrogen-bond donors (Lipinski definition) is 0. The van der Waals surface area contributed by atoms with Gasteiger partial charge in [0, 0.05) is 23.0 Å². The van der Waals surface area contributed by atoms with Crippen LogP contribution in [0, 0.1) is 5.82 Å². The number of anilines is 1. The zero-order valence-corrected chi connectivity index (χ0v) is 13.8. The van der Waals surface area contributed by atoms with Crippen molar-refractivity contribution in [2.75, 3.05) is 11.5 Å². The van der Waals surface area contributed by atoms with E-state index in [1.54, 1.807) is 42.5 Å². The molecular formula is C19H13ClFNO3. The van der Waals surface area contributed by atoms with Crippen LogP contribution in [0.2, 0.25) is 5.02 Å². The molecule has 0 aliphatic carbocycles. The molecule has 4 rings (SSSR count). The average Bonchev–Trinajstić information content (AvgIpc) is 2.98. The van der Waals surface area contributed by atoms with E-state index in [9.17, 15) is 14.0 Å². The number of carbonyl (C=O) groups excluding carboxylic acids is 2. The van der Waals surface area contributed by atoms with E-state index in [0.29, 0.717) is 27.5 Å². The van der Waals surface area contributed by atoms with Crippen LogP contribution < -0.4 is 4.90 Å². The molecule has 0 bridgehead atoms. The summed E-state index contributed by atoms with van der Waals surface area (Å²) in [5, 5.41) is 0.547. The summed E-state index contributed by atoms with van der Waals surface area (Å²) in [4.78, 5) is 26.5. The fourth-order valence-electron chi connectivity index (χ4n) is 3.37. The molecule has 1 atom stereocenters. The zero-order valence-electron chi connectivity index (χ0n) is 13.0. The SMILES string of the molecule is O=C1OCC2=C1C(c1ccccc1F)CC(=O)N2c1ccc(Cl)cc1. The summed E-state index contributed by atoms with van der Waals surface area (Å²) in [5.74, 6) is -1.80.